The Bertz CT molecular complexity index is 1620. The van der Waals surface area contributed by atoms with E-state index in [1.165, 1.54) is 19.1 Å². The monoisotopic (exact) mass is 556 g/mol. The Kier molecular flexibility index (Phi) is 7.87. The highest BCUT2D eigenvalue weighted by atomic mass is 16.5. The van der Waals surface area contributed by atoms with E-state index in [2.05, 4.69) is 4.98 Å². The zero-order valence-corrected chi connectivity index (χ0v) is 23.4. The first-order valence-electron chi connectivity index (χ1n) is 13.3. The summed E-state index contributed by atoms with van der Waals surface area (Å²) in [5.41, 5.74) is 2.93. The normalized spacial score (nSPS) is 16.3. The van der Waals surface area contributed by atoms with Crippen molar-refractivity contribution in [1.29, 1.82) is 0 Å². The van der Waals surface area contributed by atoms with Crippen LogP contribution in [0.3, 0.4) is 0 Å². The maximum atomic E-state index is 13.5. The number of aliphatic hydroxyl groups is 1. The number of benzene rings is 3. The summed E-state index contributed by atoms with van der Waals surface area (Å²) in [6.07, 6.45) is 2.36. The van der Waals surface area contributed by atoms with Gasteiger partial charge in [0, 0.05) is 29.2 Å². The number of carbonyl (C=O) groups is 2. The van der Waals surface area contributed by atoms with E-state index in [-0.39, 0.29) is 17.9 Å². The molecule has 2 heterocycles. The molecular formula is C32H32N2O7. The zero-order chi connectivity index (χ0) is 29.1. The molecule has 0 unspecified atom stereocenters. The number of hydrogen-bond acceptors (Lipinski definition) is 7. The Morgan fingerprint density at radius 3 is 2.32 bits per heavy atom. The summed E-state index contributed by atoms with van der Waals surface area (Å²) in [5.74, 6) is 0.612. The number of rotatable bonds is 10. The number of aromatic amines is 1. The van der Waals surface area contributed by atoms with Gasteiger partial charge in [-0.25, -0.2) is 0 Å². The zero-order valence-electron chi connectivity index (χ0n) is 23.4. The van der Waals surface area contributed by atoms with Gasteiger partial charge >= 0.3 is 0 Å². The standard InChI is InChI=1S/C32H32N2O7/c1-5-41-22-9-6-19(7-10-22)30(35)28-29(20-8-13-26(39-3)27(16-20)40-4)34(32(37)31(28)36)15-14-21-18-33-25-12-11-23(38-2)17-24(21)25/h6-13,16-18,29,33,35H,5,14-15H2,1-4H3/t29-/m1/s1. The number of aliphatic hydroxyl groups excluding tert-OH is 1. The lowest BCUT2D eigenvalue weighted by atomic mass is 9.94. The van der Waals surface area contributed by atoms with Crippen LogP contribution in [0.5, 0.6) is 23.0 Å². The molecule has 0 spiro atoms. The lowest BCUT2D eigenvalue weighted by molar-refractivity contribution is -0.139. The molecule has 0 radical (unpaired) electrons. The molecule has 5 rings (SSSR count). The second-order valence-electron chi connectivity index (χ2n) is 9.54. The lowest BCUT2D eigenvalue weighted by Gasteiger charge is -2.26. The van der Waals surface area contributed by atoms with Crippen LogP contribution in [0.4, 0.5) is 0 Å². The lowest BCUT2D eigenvalue weighted by Crippen LogP contribution is -2.31. The smallest absolute Gasteiger partial charge is 0.295 e. The molecule has 1 aromatic heterocycles. The highest BCUT2D eigenvalue weighted by Crippen LogP contribution is 2.42. The van der Waals surface area contributed by atoms with Crippen molar-refractivity contribution in [3.05, 3.63) is 89.1 Å². The molecule has 0 saturated carbocycles. The SMILES string of the molecule is CCOc1ccc(C(O)=C2C(=O)C(=O)N(CCc3c[nH]c4ccc(OC)cc34)[C@@H]2c2ccc(OC)c(OC)c2)cc1. The second kappa shape index (κ2) is 11.7. The average molecular weight is 557 g/mol. The van der Waals surface area contributed by atoms with Crippen LogP contribution in [0, 0.1) is 0 Å². The number of carbonyl (C=O) groups excluding carboxylic acids is 2. The number of likely N-dealkylation sites (tertiary alicyclic amines) is 1. The van der Waals surface area contributed by atoms with E-state index in [1.807, 2.05) is 31.3 Å². The fraction of sp³-hybridized carbons (Fsp3) is 0.250. The van der Waals surface area contributed by atoms with Crippen molar-refractivity contribution in [2.24, 2.45) is 0 Å². The first-order valence-corrected chi connectivity index (χ1v) is 13.3. The number of ether oxygens (including phenoxy) is 4. The predicted octanol–water partition coefficient (Wildman–Crippen LogP) is 5.26. The van der Waals surface area contributed by atoms with Crippen molar-refractivity contribution in [3.63, 3.8) is 0 Å². The predicted molar refractivity (Wildman–Crippen MR) is 155 cm³/mol. The van der Waals surface area contributed by atoms with E-state index in [1.54, 1.807) is 49.6 Å². The molecule has 4 aromatic rings. The number of methoxy groups -OCH3 is 3. The minimum atomic E-state index is -0.846. The Morgan fingerprint density at radius 1 is 0.902 bits per heavy atom. The van der Waals surface area contributed by atoms with E-state index in [0.29, 0.717) is 41.4 Å². The van der Waals surface area contributed by atoms with Crippen LogP contribution in [-0.4, -0.2) is 61.2 Å². The van der Waals surface area contributed by atoms with Crippen molar-refractivity contribution < 1.29 is 33.6 Å². The molecule has 1 amide bonds. The van der Waals surface area contributed by atoms with Crippen LogP contribution in [0.25, 0.3) is 16.7 Å². The molecule has 9 nitrogen and oxygen atoms in total. The second-order valence-corrected chi connectivity index (χ2v) is 9.54. The van der Waals surface area contributed by atoms with Crippen LogP contribution in [0.1, 0.15) is 29.7 Å². The number of nitrogens with one attached hydrogen (secondary N) is 1. The van der Waals surface area contributed by atoms with Gasteiger partial charge in [-0.1, -0.05) is 6.07 Å². The number of H-pyrrole nitrogens is 1. The summed E-state index contributed by atoms with van der Waals surface area (Å²) in [6.45, 7) is 2.61. The fourth-order valence-corrected chi connectivity index (χ4v) is 5.24. The third kappa shape index (κ3) is 5.18. The highest BCUT2D eigenvalue weighted by molar-refractivity contribution is 6.46. The van der Waals surface area contributed by atoms with Gasteiger partial charge in [0.25, 0.3) is 11.7 Å². The van der Waals surface area contributed by atoms with Crippen LogP contribution < -0.4 is 18.9 Å². The van der Waals surface area contributed by atoms with Crippen molar-refractivity contribution in [2.75, 3.05) is 34.5 Å². The van der Waals surface area contributed by atoms with Gasteiger partial charge in [0.2, 0.25) is 0 Å². The number of fused-ring (bicyclic) bond motifs is 1. The molecule has 41 heavy (non-hydrogen) atoms. The highest BCUT2D eigenvalue weighted by Gasteiger charge is 2.46. The van der Waals surface area contributed by atoms with Crippen molar-refractivity contribution in [2.45, 2.75) is 19.4 Å². The van der Waals surface area contributed by atoms with Crippen molar-refractivity contribution >= 4 is 28.4 Å². The van der Waals surface area contributed by atoms with Gasteiger partial charge in [0.05, 0.1) is 39.6 Å². The molecule has 1 aliphatic rings. The third-order valence-corrected chi connectivity index (χ3v) is 7.30. The number of aromatic nitrogens is 1. The van der Waals surface area contributed by atoms with Crippen LogP contribution in [0.15, 0.2) is 72.4 Å². The molecule has 1 saturated heterocycles. The molecule has 3 aromatic carbocycles. The van der Waals surface area contributed by atoms with Crippen molar-refractivity contribution in [1.82, 2.24) is 9.88 Å². The van der Waals surface area contributed by atoms with Gasteiger partial charge in [0.15, 0.2) is 11.5 Å². The molecule has 0 bridgehead atoms. The Balaban J connectivity index is 1.57. The number of ketones is 1. The molecule has 1 fully saturated rings. The quantitative estimate of drug-likeness (QED) is 0.156. The maximum absolute atomic E-state index is 13.5. The minimum Gasteiger partial charge on any atom is -0.507 e. The van der Waals surface area contributed by atoms with E-state index in [9.17, 15) is 14.7 Å². The number of Topliss-reactive ketones (excluding diaryl/α,β-unsaturated/α-hetero) is 1. The summed E-state index contributed by atoms with van der Waals surface area (Å²) in [5, 5.41) is 12.4. The summed E-state index contributed by atoms with van der Waals surface area (Å²) >= 11 is 0. The van der Waals surface area contributed by atoms with Crippen LogP contribution in [-0.2, 0) is 16.0 Å². The molecule has 0 aliphatic carbocycles. The van der Waals surface area contributed by atoms with E-state index in [4.69, 9.17) is 18.9 Å². The third-order valence-electron chi connectivity index (χ3n) is 7.30. The summed E-state index contributed by atoms with van der Waals surface area (Å²) in [6, 6.07) is 16.9. The number of nitrogens with zero attached hydrogens (tertiary/aromatic N) is 1. The number of amides is 1. The topological polar surface area (TPSA) is 110 Å². The molecule has 1 atom stereocenters. The maximum Gasteiger partial charge on any atom is 0.295 e. The molecule has 2 N–H and O–H groups in total. The molecule has 212 valence electrons. The van der Waals surface area contributed by atoms with Crippen LogP contribution >= 0.6 is 0 Å². The fourth-order valence-electron chi connectivity index (χ4n) is 5.24. The van der Waals surface area contributed by atoms with Crippen molar-refractivity contribution in [3.8, 4) is 23.0 Å². The average Bonchev–Trinajstić information content (AvgIpc) is 3.52. The molecule has 1 aliphatic heterocycles. The Labute approximate surface area is 237 Å². The molecule has 9 heteroatoms. The Hall–Kier alpha value is -4.92. The number of hydrogen-bond donors (Lipinski definition) is 2. The van der Waals surface area contributed by atoms with Crippen LogP contribution in [0.2, 0.25) is 0 Å². The van der Waals surface area contributed by atoms with E-state index in [0.717, 1.165) is 22.2 Å². The molecular weight excluding hydrogens is 524 g/mol. The first kappa shape index (κ1) is 27.6. The van der Waals surface area contributed by atoms with Gasteiger partial charge in [0.1, 0.15) is 17.3 Å². The Morgan fingerprint density at radius 2 is 1.63 bits per heavy atom. The van der Waals surface area contributed by atoms with Gasteiger partial charge in [-0.15, -0.1) is 0 Å². The van der Waals surface area contributed by atoms with Gasteiger partial charge in [-0.3, -0.25) is 9.59 Å². The first-order chi connectivity index (χ1) is 19.9. The summed E-state index contributed by atoms with van der Waals surface area (Å²) < 4.78 is 21.8. The van der Waals surface area contributed by atoms with Gasteiger partial charge in [-0.2, -0.15) is 0 Å². The van der Waals surface area contributed by atoms with Gasteiger partial charge in [-0.05, 0) is 79.1 Å². The minimum absolute atomic E-state index is 0.00646. The van der Waals surface area contributed by atoms with Gasteiger partial charge < -0.3 is 33.9 Å². The largest absolute Gasteiger partial charge is 0.507 e. The summed E-state index contributed by atoms with van der Waals surface area (Å²) in [7, 11) is 4.66. The van der Waals surface area contributed by atoms with E-state index >= 15 is 0 Å². The summed E-state index contributed by atoms with van der Waals surface area (Å²) in [4.78, 5) is 31.8. The van der Waals surface area contributed by atoms with E-state index < -0.39 is 17.7 Å².